The lowest BCUT2D eigenvalue weighted by Gasteiger charge is -2.11. The summed E-state index contributed by atoms with van der Waals surface area (Å²) in [7, 11) is 0. The van der Waals surface area contributed by atoms with E-state index in [0.29, 0.717) is 11.5 Å². The predicted molar refractivity (Wildman–Crippen MR) is 93.9 cm³/mol. The highest BCUT2D eigenvalue weighted by Crippen LogP contribution is 2.22. The van der Waals surface area contributed by atoms with Crippen molar-refractivity contribution in [2.45, 2.75) is 38.6 Å². The van der Waals surface area contributed by atoms with Crippen LogP contribution in [0.5, 0.6) is 0 Å². The van der Waals surface area contributed by atoms with Crippen LogP contribution in [0, 0.1) is 6.92 Å². The predicted octanol–water partition coefficient (Wildman–Crippen LogP) is 3.96. The minimum absolute atomic E-state index is 0.143. The van der Waals surface area contributed by atoms with Crippen LogP contribution >= 0.6 is 15.9 Å². The molecule has 0 saturated heterocycles. The molecule has 1 amide bonds. The maximum atomic E-state index is 12.1. The Balaban J connectivity index is 1.64. The largest absolute Gasteiger partial charge is 0.348 e. The molecule has 1 fully saturated rings. The first-order chi connectivity index (χ1) is 11.1. The van der Waals surface area contributed by atoms with Gasteiger partial charge < -0.3 is 10.6 Å². The molecule has 0 radical (unpaired) electrons. The molecule has 1 saturated carbocycles. The minimum atomic E-state index is -0.143. The Labute approximate surface area is 144 Å². The summed E-state index contributed by atoms with van der Waals surface area (Å²) in [5.41, 5.74) is 2.42. The fourth-order valence-electron chi connectivity index (χ4n) is 2.72. The van der Waals surface area contributed by atoms with Gasteiger partial charge in [0, 0.05) is 16.2 Å². The third-order valence-corrected chi connectivity index (χ3v) is 4.91. The van der Waals surface area contributed by atoms with Crippen LogP contribution in [0.15, 0.2) is 34.8 Å². The molecular formula is C17H19BrN4O. The quantitative estimate of drug-likeness (QED) is 0.849. The Morgan fingerprint density at radius 1 is 1.17 bits per heavy atom. The van der Waals surface area contributed by atoms with Gasteiger partial charge in [0.25, 0.3) is 5.91 Å². The van der Waals surface area contributed by atoms with Crippen molar-refractivity contribution in [3.63, 3.8) is 0 Å². The Bertz CT molecular complexity index is 696. The van der Waals surface area contributed by atoms with Crippen LogP contribution in [0.3, 0.4) is 0 Å². The van der Waals surface area contributed by atoms with Gasteiger partial charge in [-0.05, 0) is 55.7 Å². The normalized spacial score (nSPS) is 14.7. The highest BCUT2D eigenvalue weighted by Gasteiger charge is 2.18. The lowest BCUT2D eigenvalue weighted by atomic mass is 10.2. The number of aromatic nitrogens is 2. The van der Waals surface area contributed by atoms with Gasteiger partial charge in [-0.1, -0.05) is 28.8 Å². The molecule has 120 valence electrons. The lowest BCUT2D eigenvalue weighted by molar-refractivity contribution is 0.0932. The molecule has 2 N–H and O–H groups in total. The SMILES string of the molecule is Cc1cc(Nc2ccc(C(=O)NC3CCCC3)nn2)ccc1Br. The molecule has 2 aromatic rings. The van der Waals surface area contributed by atoms with Crippen LogP contribution in [-0.2, 0) is 0 Å². The number of rotatable bonds is 4. The van der Waals surface area contributed by atoms with E-state index in [2.05, 4.69) is 36.8 Å². The van der Waals surface area contributed by atoms with Gasteiger partial charge in [-0.3, -0.25) is 4.79 Å². The van der Waals surface area contributed by atoms with E-state index in [0.717, 1.165) is 28.6 Å². The summed E-state index contributed by atoms with van der Waals surface area (Å²) >= 11 is 3.48. The van der Waals surface area contributed by atoms with E-state index >= 15 is 0 Å². The van der Waals surface area contributed by atoms with Gasteiger partial charge in [0.15, 0.2) is 11.5 Å². The zero-order valence-electron chi connectivity index (χ0n) is 13.0. The smallest absolute Gasteiger partial charge is 0.272 e. The number of nitrogens with one attached hydrogen (secondary N) is 2. The Hall–Kier alpha value is -1.95. The molecule has 1 aliphatic carbocycles. The zero-order valence-corrected chi connectivity index (χ0v) is 14.6. The summed E-state index contributed by atoms with van der Waals surface area (Å²) in [4.78, 5) is 12.1. The summed E-state index contributed by atoms with van der Waals surface area (Å²) in [6, 6.07) is 9.72. The van der Waals surface area contributed by atoms with Crippen LogP contribution in [0.2, 0.25) is 0 Å². The molecule has 0 spiro atoms. The Morgan fingerprint density at radius 2 is 1.96 bits per heavy atom. The van der Waals surface area contributed by atoms with Gasteiger partial charge in [-0.2, -0.15) is 0 Å². The number of amides is 1. The molecule has 1 aromatic carbocycles. The molecule has 3 rings (SSSR count). The number of carbonyl (C=O) groups is 1. The summed E-state index contributed by atoms with van der Waals surface area (Å²) in [6.07, 6.45) is 4.49. The fourth-order valence-corrected chi connectivity index (χ4v) is 2.97. The van der Waals surface area contributed by atoms with Crippen LogP contribution in [0.25, 0.3) is 0 Å². The maximum absolute atomic E-state index is 12.1. The van der Waals surface area contributed by atoms with Gasteiger partial charge in [0.05, 0.1) is 0 Å². The molecule has 0 aliphatic heterocycles. The number of carbonyl (C=O) groups excluding carboxylic acids is 1. The van der Waals surface area contributed by atoms with Crippen LogP contribution in [0.4, 0.5) is 11.5 Å². The summed E-state index contributed by atoms with van der Waals surface area (Å²) in [5, 5.41) is 14.3. The van der Waals surface area contributed by atoms with Crippen molar-refractivity contribution in [3.05, 3.63) is 46.1 Å². The van der Waals surface area contributed by atoms with Gasteiger partial charge >= 0.3 is 0 Å². The number of nitrogens with zero attached hydrogens (tertiary/aromatic N) is 2. The Morgan fingerprint density at radius 3 is 2.61 bits per heavy atom. The minimum Gasteiger partial charge on any atom is -0.348 e. The van der Waals surface area contributed by atoms with Crippen LogP contribution in [0.1, 0.15) is 41.7 Å². The average molecular weight is 375 g/mol. The molecule has 0 unspecified atom stereocenters. The molecular weight excluding hydrogens is 356 g/mol. The molecule has 23 heavy (non-hydrogen) atoms. The molecule has 5 nitrogen and oxygen atoms in total. The second-order valence-corrected chi connectivity index (χ2v) is 6.70. The van der Waals surface area contributed by atoms with E-state index in [-0.39, 0.29) is 11.9 Å². The van der Waals surface area contributed by atoms with E-state index in [1.54, 1.807) is 12.1 Å². The molecule has 0 atom stereocenters. The monoisotopic (exact) mass is 374 g/mol. The third kappa shape index (κ3) is 4.07. The summed E-state index contributed by atoms with van der Waals surface area (Å²) in [5.74, 6) is 0.472. The number of benzene rings is 1. The molecule has 1 aromatic heterocycles. The first-order valence-electron chi connectivity index (χ1n) is 7.79. The number of anilines is 2. The van der Waals surface area contributed by atoms with Crippen LogP contribution in [-0.4, -0.2) is 22.1 Å². The van der Waals surface area contributed by atoms with E-state index in [4.69, 9.17) is 0 Å². The summed E-state index contributed by atoms with van der Waals surface area (Å²) in [6.45, 7) is 2.03. The van der Waals surface area contributed by atoms with Crippen molar-refractivity contribution < 1.29 is 4.79 Å². The standard InChI is InChI=1S/C17H19BrN4O/c1-11-10-13(6-7-14(11)18)19-16-9-8-15(21-22-16)17(23)20-12-4-2-3-5-12/h6-10,12H,2-5H2,1H3,(H,19,22)(H,20,23). The van der Waals surface area contributed by atoms with E-state index < -0.39 is 0 Å². The van der Waals surface area contributed by atoms with Crippen molar-refractivity contribution >= 4 is 33.3 Å². The topological polar surface area (TPSA) is 66.9 Å². The van der Waals surface area contributed by atoms with Gasteiger partial charge in [-0.15, -0.1) is 10.2 Å². The Kier molecular flexibility index (Phi) is 4.91. The third-order valence-electron chi connectivity index (χ3n) is 4.02. The second kappa shape index (κ2) is 7.08. The van der Waals surface area contributed by atoms with Gasteiger partial charge in [-0.25, -0.2) is 0 Å². The van der Waals surface area contributed by atoms with Gasteiger partial charge in [0.1, 0.15) is 0 Å². The maximum Gasteiger partial charge on any atom is 0.272 e. The highest BCUT2D eigenvalue weighted by atomic mass is 79.9. The van der Waals surface area contributed by atoms with Crippen molar-refractivity contribution in [2.24, 2.45) is 0 Å². The van der Waals surface area contributed by atoms with E-state index in [9.17, 15) is 4.79 Å². The molecule has 1 aliphatic rings. The number of aryl methyl sites for hydroxylation is 1. The number of hydrogen-bond acceptors (Lipinski definition) is 4. The van der Waals surface area contributed by atoms with Crippen molar-refractivity contribution in [3.8, 4) is 0 Å². The zero-order chi connectivity index (χ0) is 16.2. The van der Waals surface area contributed by atoms with Crippen molar-refractivity contribution in [2.75, 3.05) is 5.32 Å². The van der Waals surface area contributed by atoms with E-state index in [1.807, 2.05) is 25.1 Å². The molecule has 0 bridgehead atoms. The molecule has 6 heteroatoms. The lowest BCUT2D eigenvalue weighted by Crippen LogP contribution is -2.33. The van der Waals surface area contributed by atoms with Crippen molar-refractivity contribution in [1.82, 2.24) is 15.5 Å². The average Bonchev–Trinajstić information content (AvgIpc) is 3.04. The number of halogens is 1. The van der Waals surface area contributed by atoms with Crippen molar-refractivity contribution in [1.29, 1.82) is 0 Å². The summed E-state index contributed by atoms with van der Waals surface area (Å²) < 4.78 is 1.06. The fraction of sp³-hybridized carbons (Fsp3) is 0.353. The molecule has 1 heterocycles. The highest BCUT2D eigenvalue weighted by molar-refractivity contribution is 9.10. The number of hydrogen-bond donors (Lipinski definition) is 2. The first kappa shape index (κ1) is 15.9. The first-order valence-corrected chi connectivity index (χ1v) is 8.59. The van der Waals surface area contributed by atoms with Crippen LogP contribution < -0.4 is 10.6 Å². The van der Waals surface area contributed by atoms with E-state index in [1.165, 1.54) is 12.8 Å². The van der Waals surface area contributed by atoms with Gasteiger partial charge in [0.2, 0.25) is 0 Å². The second-order valence-electron chi connectivity index (χ2n) is 5.85.